The number of pyridine rings is 1. The summed E-state index contributed by atoms with van der Waals surface area (Å²) in [5, 5.41) is 9.52. The van der Waals surface area contributed by atoms with Crippen molar-refractivity contribution in [3.8, 4) is 0 Å². The Morgan fingerprint density at radius 2 is 1.52 bits per heavy atom. The smallest absolute Gasteiger partial charge is 0.174 e. The van der Waals surface area contributed by atoms with E-state index in [9.17, 15) is 0 Å². The van der Waals surface area contributed by atoms with Gasteiger partial charge in [-0.2, -0.15) is 0 Å². The summed E-state index contributed by atoms with van der Waals surface area (Å²) in [6, 6.07) is 18.0. The van der Waals surface area contributed by atoms with E-state index in [2.05, 4.69) is 22.6 Å². The van der Waals surface area contributed by atoms with E-state index in [0.717, 1.165) is 33.3 Å². The molecule has 2 aromatic heterocycles. The average molecular weight is 275 g/mol. The Labute approximate surface area is 121 Å². The van der Waals surface area contributed by atoms with Crippen LogP contribution in [0.1, 0.15) is 5.76 Å². The summed E-state index contributed by atoms with van der Waals surface area (Å²) in [6.45, 7) is 1.88. The largest absolute Gasteiger partial charge is 0.360 e. The minimum atomic E-state index is 0.703. The van der Waals surface area contributed by atoms with E-state index in [1.165, 1.54) is 0 Å². The molecule has 0 fully saturated rings. The van der Waals surface area contributed by atoms with E-state index in [4.69, 9.17) is 9.51 Å². The zero-order valence-electron chi connectivity index (χ0n) is 11.5. The van der Waals surface area contributed by atoms with Gasteiger partial charge in [-0.15, -0.1) is 0 Å². The molecule has 4 heteroatoms. The molecule has 2 heterocycles. The summed E-state index contributed by atoms with van der Waals surface area (Å²) >= 11 is 0. The number of fused-ring (bicyclic) bond motifs is 2. The third-order valence-corrected chi connectivity index (χ3v) is 3.47. The van der Waals surface area contributed by atoms with Gasteiger partial charge in [0.15, 0.2) is 5.82 Å². The highest BCUT2D eigenvalue weighted by atomic mass is 16.5. The van der Waals surface area contributed by atoms with Crippen molar-refractivity contribution in [3.63, 3.8) is 0 Å². The number of nitrogens with one attached hydrogen (secondary N) is 1. The summed E-state index contributed by atoms with van der Waals surface area (Å²) in [5.74, 6) is 1.48. The van der Waals surface area contributed by atoms with Crippen molar-refractivity contribution >= 4 is 33.3 Å². The highest BCUT2D eigenvalue weighted by Gasteiger charge is 2.10. The molecule has 0 amide bonds. The van der Waals surface area contributed by atoms with E-state index in [1.54, 1.807) is 0 Å². The molecule has 2 aromatic carbocycles. The molecule has 21 heavy (non-hydrogen) atoms. The van der Waals surface area contributed by atoms with Gasteiger partial charge in [-0.3, -0.25) is 0 Å². The van der Waals surface area contributed by atoms with Gasteiger partial charge in [0.1, 0.15) is 5.76 Å². The van der Waals surface area contributed by atoms with Crippen LogP contribution >= 0.6 is 0 Å². The molecule has 4 aromatic rings. The number of anilines is 2. The lowest BCUT2D eigenvalue weighted by molar-refractivity contribution is 0.400. The normalized spacial score (nSPS) is 11.1. The highest BCUT2D eigenvalue weighted by molar-refractivity contribution is 6.08. The molecule has 0 atom stereocenters. The van der Waals surface area contributed by atoms with E-state index >= 15 is 0 Å². The number of aromatic nitrogens is 2. The Bertz CT molecular complexity index is 889. The van der Waals surface area contributed by atoms with Crippen LogP contribution in [0.25, 0.3) is 21.8 Å². The molecular formula is C17H13N3O. The number of hydrogen-bond acceptors (Lipinski definition) is 4. The Hall–Kier alpha value is -2.88. The topological polar surface area (TPSA) is 51.0 Å². The van der Waals surface area contributed by atoms with Crippen molar-refractivity contribution in [2.75, 3.05) is 5.32 Å². The van der Waals surface area contributed by atoms with Crippen LogP contribution in [-0.2, 0) is 0 Å². The second kappa shape index (κ2) is 4.59. The zero-order valence-corrected chi connectivity index (χ0v) is 11.5. The lowest BCUT2D eigenvalue weighted by atomic mass is 10.1. The SMILES string of the molecule is Cc1cc(Nc2c3ccccc3nc3ccccc23)no1. The lowest BCUT2D eigenvalue weighted by Crippen LogP contribution is -1.95. The summed E-state index contributed by atoms with van der Waals surface area (Å²) in [5.41, 5.74) is 2.92. The first-order valence-electron chi connectivity index (χ1n) is 6.79. The minimum Gasteiger partial charge on any atom is -0.360 e. The van der Waals surface area contributed by atoms with Gasteiger partial charge in [-0.05, 0) is 19.1 Å². The summed E-state index contributed by atoms with van der Waals surface area (Å²) < 4.78 is 5.13. The summed E-state index contributed by atoms with van der Waals surface area (Å²) in [6.07, 6.45) is 0. The van der Waals surface area contributed by atoms with Crippen molar-refractivity contribution < 1.29 is 4.52 Å². The van der Waals surface area contributed by atoms with E-state index < -0.39 is 0 Å². The fourth-order valence-corrected chi connectivity index (χ4v) is 2.53. The van der Waals surface area contributed by atoms with Crippen LogP contribution < -0.4 is 5.32 Å². The molecule has 0 aliphatic heterocycles. The van der Waals surface area contributed by atoms with Gasteiger partial charge in [-0.25, -0.2) is 4.98 Å². The molecule has 0 spiro atoms. The fourth-order valence-electron chi connectivity index (χ4n) is 2.53. The Morgan fingerprint density at radius 3 is 2.10 bits per heavy atom. The molecular weight excluding hydrogens is 262 g/mol. The molecule has 0 aliphatic carbocycles. The van der Waals surface area contributed by atoms with Crippen LogP contribution in [-0.4, -0.2) is 10.1 Å². The molecule has 102 valence electrons. The molecule has 4 nitrogen and oxygen atoms in total. The van der Waals surface area contributed by atoms with Crippen molar-refractivity contribution in [2.45, 2.75) is 6.92 Å². The molecule has 1 N–H and O–H groups in total. The molecule has 0 saturated heterocycles. The number of aryl methyl sites for hydroxylation is 1. The number of para-hydroxylation sites is 2. The second-order valence-electron chi connectivity index (χ2n) is 4.97. The van der Waals surface area contributed by atoms with Crippen LogP contribution in [0, 0.1) is 6.92 Å². The Morgan fingerprint density at radius 1 is 0.905 bits per heavy atom. The van der Waals surface area contributed by atoms with Crippen LogP contribution in [0.3, 0.4) is 0 Å². The standard InChI is InChI=1S/C17H13N3O/c1-11-10-16(20-21-11)19-17-12-6-2-4-8-14(12)18-15-9-5-3-7-13(15)17/h2-10H,1H3,(H,18,19,20). The first kappa shape index (κ1) is 11.9. The molecule has 0 bridgehead atoms. The quantitative estimate of drug-likeness (QED) is 0.550. The monoisotopic (exact) mass is 275 g/mol. The summed E-state index contributed by atoms with van der Waals surface area (Å²) in [4.78, 5) is 4.70. The third kappa shape index (κ3) is 2.01. The van der Waals surface area contributed by atoms with E-state index in [0.29, 0.717) is 5.82 Å². The fraction of sp³-hybridized carbons (Fsp3) is 0.0588. The van der Waals surface area contributed by atoms with Crippen LogP contribution in [0.15, 0.2) is 59.1 Å². The van der Waals surface area contributed by atoms with Crippen LogP contribution in [0.2, 0.25) is 0 Å². The van der Waals surface area contributed by atoms with E-state index in [1.807, 2.05) is 49.4 Å². The predicted octanol–water partition coefficient (Wildman–Crippen LogP) is 4.43. The van der Waals surface area contributed by atoms with Gasteiger partial charge in [-0.1, -0.05) is 41.6 Å². The van der Waals surface area contributed by atoms with Gasteiger partial charge in [0.05, 0.1) is 16.7 Å². The van der Waals surface area contributed by atoms with Crippen molar-refractivity contribution in [2.24, 2.45) is 0 Å². The van der Waals surface area contributed by atoms with E-state index in [-0.39, 0.29) is 0 Å². The van der Waals surface area contributed by atoms with Crippen molar-refractivity contribution in [1.29, 1.82) is 0 Å². The zero-order chi connectivity index (χ0) is 14.2. The first-order valence-corrected chi connectivity index (χ1v) is 6.79. The number of rotatable bonds is 2. The van der Waals surface area contributed by atoms with Crippen LogP contribution in [0.5, 0.6) is 0 Å². The van der Waals surface area contributed by atoms with Crippen LogP contribution in [0.4, 0.5) is 11.5 Å². The molecule has 0 saturated carbocycles. The van der Waals surface area contributed by atoms with Gasteiger partial charge >= 0.3 is 0 Å². The van der Waals surface area contributed by atoms with Gasteiger partial charge in [0.25, 0.3) is 0 Å². The van der Waals surface area contributed by atoms with Crippen molar-refractivity contribution in [1.82, 2.24) is 10.1 Å². The third-order valence-electron chi connectivity index (χ3n) is 3.47. The number of benzene rings is 2. The molecule has 4 rings (SSSR count). The summed E-state index contributed by atoms with van der Waals surface area (Å²) in [7, 11) is 0. The maximum absolute atomic E-state index is 5.13. The predicted molar refractivity (Wildman–Crippen MR) is 83.8 cm³/mol. The average Bonchev–Trinajstić information content (AvgIpc) is 2.92. The molecule has 0 unspecified atom stereocenters. The Kier molecular flexibility index (Phi) is 2.60. The van der Waals surface area contributed by atoms with Gasteiger partial charge < -0.3 is 9.84 Å². The second-order valence-corrected chi connectivity index (χ2v) is 4.97. The molecule has 0 aliphatic rings. The first-order chi connectivity index (χ1) is 10.3. The minimum absolute atomic E-state index is 0.703. The van der Waals surface area contributed by atoms with Crippen molar-refractivity contribution in [3.05, 3.63) is 60.4 Å². The molecule has 0 radical (unpaired) electrons. The lowest BCUT2D eigenvalue weighted by Gasteiger charge is -2.11. The van der Waals surface area contributed by atoms with Gasteiger partial charge in [0.2, 0.25) is 0 Å². The number of hydrogen-bond donors (Lipinski definition) is 1. The Balaban J connectivity index is 2.01. The number of nitrogens with zero attached hydrogens (tertiary/aromatic N) is 2. The highest BCUT2D eigenvalue weighted by Crippen LogP contribution is 2.32. The maximum Gasteiger partial charge on any atom is 0.174 e. The maximum atomic E-state index is 5.13. The van der Waals surface area contributed by atoms with Gasteiger partial charge in [0, 0.05) is 16.8 Å².